The fourth-order valence-electron chi connectivity index (χ4n) is 1.74. The van der Waals surface area contributed by atoms with Gasteiger partial charge in [0.2, 0.25) is 0 Å². The van der Waals surface area contributed by atoms with Crippen molar-refractivity contribution in [3.05, 3.63) is 53.3 Å². The Balaban J connectivity index is 2.16. The molecule has 2 rings (SSSR count). The molecule has 1 heterocycles. The van der Waals surface area contributed by atoms with Gasteiger partial charge < -0.3 is 15.2 Å². The Bertz CT molecular complexity index is 681. The van der Waals surface area contributed by atoms with Crippen LogP contribution in [0.25, 0.3) is 0 Å². The van der Waals surface area contributed by atoms with E-state index in [-0.39, 0.29) is 11.3 Å². The largest absolute Gasteiger partial charge is 0.497 e. The average molecular weight is 286 g/mol. The van der Waals surface area contributed by atoms with Gasteiger partial charge in [0.15, 0.2) is 0 Å². The van der Waals surface area contributed by atoms with E-state index in [1.807, 2.05) is 6.92 Å². The quantitative estimate of drug-likeness (QED) is 0.900. The Hall–Kier alpha value is -2.89. The third-order valence-electron chi connectivity index (χ3n) is 2.92. The Labute approximate surface area is 121 Å². The molecule has 0 atom stereocenters. The summed E-state index contributed by atoms with van der Waals surface area (Å²) in [5, 5.41) is 11.5. The molecule has 0 radical (unpaired) electrons. The predicted octanol–water partition coefficient (Wildman–Crippen LogP) is 2.35. The van der Waals surface area contributed by atoms with Gasteiger partial charge in [-0.1, -0.05) is 0 Å². The minimum atomic E-state index is -1.08. The summed E-state index contributed by atoms with van der Waals surface area (Å²) >= 11 is 0. The van der Waals surface area contributed by atoms with Crippen LogP contribution in [0.3, 0.4) is 0 Å². The third kappa shape index (κ3) is 3.36. The first-order valence-electron chi connectivity index (χ1n) is 6.16. The van der Waals surface area contributed by atoms with Crippen LogP contribution in [0.1, 0.15) is 26.4 Å². The highest BCUT2D eigenvalue weighted by Gasteiger charge is 2.11. The van der Waals surface area contributed by atoms with Crippen molar-refractivity contribution < 1.29 is 19.4 Å². The van der Waals surface area contributed by atoms with Gasteiger partial charge >= 0.3 is 5.97 Å². The second-order valence-corrected chi connectivity index (χ2v) is 4.37. The molecule has 1 amide bonds. The molecule has 0 aliphatic rings. The molecule has 2 N–H and O–H groups in total. The fourth-order valence-corrected chi connectivity index (χ4v) is 1.74. The van der Waals surface area contributed by atoms with Gasteiger partial charge in [0, 0.05) is 11.9 Å². The molecule has 0 bridgehead atoms. The molecule has 1 aromatic carbocycles. The highest BCUT2D eigenvalue weighted by atomic mass is 16.5. The minimum absolute atomic E-state index is 0.0344. The molecule has 0 unspecified atom stereocenters. The minimum Gasteiger partial charge on any atom is -0.497 e. The van der Waals surface area contributed by atoms with Crippen molar-refractivity contribution in [3.8, 4) is 5.75 Å². The summed E-state index contributed by atoms with van der Waals surface area (Å²) in [5.41, 5.74) is 1.68. The monoisotopic (exact) mass is 286 g/mol. The Morgan fingerprint density at radius 3 is 2.52 bits per heavy atom. The van der Waals surface area contributed by atoms with Gasteiger partial charge in [0.25, 0.3) is 5.91 Å². The number of methoxy groups -OCH3 is 1. The zero-order valence-corrected chi connectivity index (χ0v) is 11.6. The molecule has 6 nitrogen and oxygen atoms in total. The second kappa shape index (κ2) is 6.04. The molecule has 0 aliphatic heterocycles. The molecule has 0 saturated heterocycles. The number of carbonyl (C=O) groups excluding carboxylic acids is 1. The van der Waals surface area contributed by atoms with Crippen LogP contribution in [-0.2, 0) is 0 Å². The number of carboxylic acids is 1. The lowest BCUT2D eigenvalue weighted by molar-refractivity contribution is 0.0696. The van der Waals surface area contributed by atoms with Gasteiger partial charge in [0.05, 0.1) is 12.7 Å². The molecular formula is C15H14N2O4. The predicted molar refractivity (Wildman–Crippen MR) is 76.9 cm³/mol. The third-order valence-corrected chi connectivity index (χ3v) is 2.92. The molecule has 0 aliphatic carbocycles. The van der Waals surface area contributed by atoms with Gasteiger partial charge in [-0.15, -0.1) is 0 Å². The van der Waals surface area contributed by atoms with E-state index >= 15 is 0 Å². The van der Waals surface area contributed by atoms with Gasteiger partial charge in [-0.2, -0.15) is 0 Å². The van der Waals surface area contributed by atoms with Crippen LogP contribution in [0.5, 0.6) is 5.75 Å². The first-order valence-corrected chi connectivity index (χ1v) is 6.16. The van der Waals surface area contributed by atoms with Gasteiger partial charge in [-0.3, -0.25) is 9.78 Å². The molecule has 2 aromatic rings. The van der Waals surface area contributed by atoms with Crippen molar-refractivity contribution in [1.82, 2.24) is 4.98 Å². The number of aromatic carboxylic acids is 1. The number of anilines is 1. The molecular weight excluding hydrogens is 272 g/mol. The maximum absolute atomic E-state index is 12.0. The highest BCUT2D eigenvalue weighted by molar-refractivity contribution is 6.03. The summed E-state index contributed by atoms with van der Waals surface area (Å²) in [6, 6.07) is 7.99. The van der Waals surface area contributed by atoms with E-state index in [1.54, 1.807) is 25.3 Å². The fraction of sp³-hybridized carbons (Fsp3) is 0.133. The number of rotatable bonds is 4. The van der Waals surface area contributed by atoms with E-state index in [0.717, 1.165) is 11.8 Å². The van der Waals surface area contributed by atoms with E-state index < -0.39 is 11.9 Å². The number of benzene rings is 1. The van der Waals surface area contributed by atoms with Crippen molar-refractivity contribution in [2.24, 2.45) is 0 Å². The Kier molecular flexibility index (Phi) is 4.18. The lowest BCUT2D eigenvalue weighted by Crippen LogP contribution is -2.14. The van der Waals surface area contributed by atoms with Crippen LogP contribution in [0, 0.1) is 6.92 Å². The summed E-state index contributed by atoms with van der Waals surface area (Å²) in [6.45, 7) is 1.85. The molecule has 0 saturated carbocycles. The Morgan fingerprint density at radius 1 is 1.24 bits per heavy atom. The van der Waals surface area contributed by atoms with Crippen LogP contribution in [0.15, 0.2) is 36.5 Å². The van der Waals surface area contributed by atoms with E-state index in [2.05, 4.69) is 10.3 Å². The van der Waals surface area contributed by atoms with Crippen molar-refractivity contribution in [2.75, 3.05) is 12.4 Å². The smallest absolute Gasteiger partial charge is 0.337 e. The second-order valence-electron chi connectivity index (χ2n) is 4.37. The maximum Gasteiger partial charge on any atom is 0.337 e. The number of hydrogen-bond donors (Lipinski definition) is 2. The number of carbonyl (C=O) groups is 2. The van der Waals surface area contributed by atoms with Crippen LogP contribution < -0.4 is 10.1 Å². The number of ether oxygens (including phenoxy) is 1. The number of amides is 1. The number of nitrogens with zero attached hydrogens (tertiary/aromatic N) is 1. The van der Waals surface area contributed by atoms with Crippen LogP contribution in [-0.4, -0.2) is 29.1 Å². The average Bonchev–Trinajstić information content (AvgIpc) is 2.49. The van der Waals surface area contributed by atoms with E-state index in [4.69, 9.17) is 9.84 Å². The normalized spacial score (nSPS) is 10.0. The first kappa shape index (κ1) is 14.5. The highest BCUT2D eigenvalue weighted by Crippen LogP contribution is 2.21. The molecule has 1 aromatic heterocycles. The molecule has 6 heteroatoms. The van der Waals surface area contributed by atoms with Crippen molar-refractivity contribution in [3.63, 3.8) is 0 Å². The number of aromatic nitrogens is 1. The number of pyridine rings is 1. The van der Waals surface area contributed by atoms with Gasteiger partial charge in [0.1, 0.15) is 11.4 Å². The van der Waals surface area contributed by atoms with Gasteiger partial charge in [-0.25, -0.2) is 4.79 Å². The van der Waals surface area contributed by atoms with Gasteiger partial charge in [-0.05, 0) is 42.8 Å². The number of nitrogens with one attached hydrogen (secondary N) is 1. The zero-order chi connectivity index (χ0) is 15.4. The first-order chi connectivity index (χ1) is 10.0. The van der Waals surface area contributed by atoms with E-state index in [1.165, 1.54) is 12.1 Å². The Morgan fingerprint density at radius 2 is 2.00 bits per heavy atom. The lowest BCUT2D eigenvalue weighted by atomic mass is 10.2. The maximum atomic E-state index is 12.0. The van der Waals surface area contributed by atoms with Crippen molar-refractivity contribution in [2.45, 2.75) is 6.92 Å². The standard InChI is InChI=1S/C15H14N2O4/c1-9-7-11(21-2)4-6-12(9)17-14(18)13-5-3-10(8-16-13)15(19)20/h3-8H,1-2H3,(H,17,18)(H,19,20). The number of carboxylic acid groups (broad SMARTS) is 1. The van der Waals surface area contributed by atoms with E-state index in [9.17, 15) is 9.59 Å². The van der Waals surface area contributed by atoms with Crippen LogP contribution >= 0.6 is 0 Å². The summed E-state index contributed by atoms with van der Waals surface area (Å²) in [4.78, 5) is 26.6. The summed E-state index contributed by atoms with van der Waals surface area (Å²) in [6.07, 6.45) is 1.15. The topological polar surface area (TPSA) is 88.5 Å². The summed E-state index contributed by atoms with van der Waals surface area (Å²) < 4.78 is 5.09. The van der Waals surface area contributed by atoms with Crippen molar-refractivity contribution >= 4 is 17.6 Å². The van der Waals surface area contributed by atoms with Crippen LogP contribution in [0.4, 0.5) is 5.69 Å². The van der Waals surface area contributed by atoms with Crippen LogP contribution in [0.2, 0.25) is 0 Å². The summed E-state index contributed by atoms with van der Waals surface area (Å²) in [7, 11) is 1.57. The molecule has 0 spiro atoms. The lowest BCUT2D eigenvalue weighted by Gasteiger charge is -2.09. The number of aryl methyl sites for hydroxylation is 1. The summed E-state index contributed by atoms with van der Waals surface area (Å²) in [5.74, 6) is -0.782. The van der Waals surface area contributed by atoms with E-state index in [0.29, 0.717) is 11.4 Å². The molecule has 21 heavy (non-hydrogen) atoms. The molecule has 108 valence electrons. The SMILES string of the molecule is COc1ccc(NC(=O)c2ccc(C(=O)O)cn2)c(C)c1. The zero-order valence-electron chi connectivity index (χ0n) is 11.6. The number of hydrogen-bond acceptors (Lipinski definition) is 4. The van der Waals surface area contributed by atoms with Crippen molar-refractivity contribution in [1.29, 1.82) is 0 Å². The molecule has 0 fully saturated rings.